The van der Waals surface area contributed by atoms with Crippen LogP contribution in [0, 0.1) is 5.92 Å². The van der Waals surface area contributed by atoms with Gasteiger partial charge < -0.3 is 15.2 Å². The largest absolute Gasteiger partial charge is 0.491 e. The first kappa shape index (κ1) is 16.6. The third-order valence-corrected chi connectivity index (χ3v) is 4.56. The highest BCUT2D eigenvalue weighted by molar-refractivity contribution is 9.10. The molecule has 0 aromatic heterocycles. The first-order valence-corrected chi connectivity index (χ1v) is 8.27. The molecule has 2 unspecified atom stereocenters. The van der Waals surface area contributed by atoms with Crippen molar-refractivity contribution in [2.24, 2.45) is 5.92 Å². The van der Waals surface area contributed by atoms with Crippen LogP contribution in [0.2, 0.25) is 5.02 Å². The molecule has 1 saturated carbocycles. The summed E-state index contributed by atoms with van der Waals surface area (Å²) >= 11 is 9.28. The highest BCUT2D eigenvalue weighted by atomic mass is 79.9. The predicted molar refractivity (Wildman–Crippen MR) is 86.0 cm³/mol. The molecule has 116 valence electrons. The first-order chi connectivity index (χ1) is 10.1. The maximum absolute atomic E-state index is 11.0. The monoisotopic (exact) mass is 375 g/mol. The standard InChI is InChI=1S/C15H19BrClNO3/c16-13-9-11(17)4-5-14(13)21-7-6-18-12-3-1-2-10(8-12)15(19)20/h4-5,9-10,12,18H,1-3,6-8H2,(H,19,20). The zero-order chi connectivity index (χ0) is 15.2. The molecule has 2 rings (SSSR count). The molecular weight excluding hydrogens is 358 g/mol. The number of carbonyl (C=O) groups is 1. The Bertz CT molecular complexity index is 498. The van der Waals surface area contributed by atoms with Crippen LogP contribution in [0.4, 0.5) is 0 Å². The summed E-state index contributed by atoms with van der Waals surface area (Å²) in [5, 5.41) is 13.1. The second kappa shape index (κ2) is 8.01. The highest BCUT2D eigenvalue weighted by Gasteiger charge is 2.26. The number of carboxylic acids is 1. The van der Waals surface area contributed by atoms with Crippen LogP contribution in [-0.4, -0.2) is 30.3 Å². The molecule has 6 heteroatoms. The van der Waals surface area contributed by atoms with E-state index in [4.69, 9.17) is 21.4 Å². The molecule has 0 heterocycles. The zero-order valence-electron chi connectivity index (χ0n) is 11.6. The fraction of sp³-hybridized carbons (Fsp3) is 0.533. The number of benzene rings is 1. The van der Waals surface area contributed by atoms with Crippen molar-refractivity contribution in [1.82, 2.24) is 5.32 Å². The summed E-state index contributed by atoms with van der Waals surface area (Å²) in [6, 6.07) is 5.68. The third-order valence-electron chi connectivity index (χ3n) is 3.71. The number of halogens is 2. The van der Waals surface area contributed by atoms with Crippen LogP contribution in [0.15, 0.2) is 22.7 Å². The molecule has 1 aliphatic rings. The molecule has 0 bridgehead atoms. The Morgan fingerprint density at radius 1 is 1.48 bits per heavy atom. The molecule has 4 nitrogen and oxygen atoms in total. The lowest BCUT2D eigenvalue weighted by atomic mass is 9.86. The maximum atomic E-state index is 11.0. The van der Waals surface area contributed by atoms with Crippen molar-refractivity contribution >= 4 is 33.5 Å². The number of hydrogen-bond acceptors (Lipinski definition) is 3. The van der Waals surface area contributed by atoms with Crippen molar-refractivity contribution < 1.29 is 14.6 Å². The second-order valence-corrected chi connectivity index (χ2v) is 6.57. The van der Waals surface area contributed by atoms with Gasteiger partial charge in [-0.1, -0.05) is 18.0 Å². The van der Waals surface area contributed by atoms with Gasteiger partial charge in [0.15, 0.2) is 0 Å². The Balaban J connectivity index is 1.71. The summed E-state index contributed by atoms with van der Waals surface area (Å²) in [4.78, 5) is 11.0. The van der Waals surface area contributed by atoms with E-state index >= 15 is 0 Å². The van der Waals surface area contributed by atoms with Gasteiger partial charge in [-0.2, -0.15) is 0 Å². The SMILES string of the molecule is O=C(O)C1CCCC(NCCOc2ccc(Cl)cc2Br)C1. The summed E-state index contributed by atoms with van der Waals surface area (Å²) < 4.78 is 6.50. The number of rotatable bonds is 6. The van der Waals surface area contributed by atoms with Gasteiger partial charge >= 0.3 is 5.97 Å². The molecule has 0 aliphatic heterocycles. The van der Waals surface area contributed by atoms with Crippen molar-refractivity contribution in [2.45, 2.75) is 31.7 Å². The van der Waals surface area contributed by atoms with E-state index in [1.165, 1.54) is 0 Å². The predicted octanol–water partition coefficient (Wildman–Crippen LogP) is 3.71. The van der Waals surface area contributed by atoms with Crippen LogP contribution in [-0.2, 0) is 4.79 Å². The molecule has 0 spiro atoms. The van der Waals surface area contributed by atoms with Gasteiger partial charge in [0, 0.05) is 17.6 Å². The van der Waals surface area contributed by atoms with E-state index in [0.29, 0.717) is 24.6 Å². The Morgan fingerprint density at radius 3 is 3.00 bits per heavy atom. The summed E-state index contributed by atoms with van der Waals surface area (Å²) in [7, 11) is 0. The lowest BCUT2D eigenvalue weighted by Crippen LogP contribution is -2.38. The van der Waals surface area contributed by atoms with Crippen LogP contribution in [0.25, 0.3) is 0 Å². The van der Waals surface area contributed by atoms with Crippen molar-refractivity contribution in [1.29, 1.82) is 0 Å². The quantitative estimate of drug-likeness (QED) is 0.743. The summed E-state index contributed by atoms with van der Waals surface area (Å²) in [5.41, 5.74) is 0. The molecule has 2 atom stereocenters. The van der Waals surface area contributed by atoms with Crippen molar-refractivity contribution in [3.8, 4) is 5.75 Å². The molecule has 0 saturated heterocycles. The topological polar surface area (TPSA) is 58.6 Å². The van der Waals surface area contributed by atoms with Crippen molar-refractivity contribution in [2.75, 3.05) is 13.2 Å². The minimum Gasteiger partial charge on any atom is -0.491 e. The Morgan fingerprint density at radius 2 is 2.29 bits per heavy atom. The summed E-state index contributed by atoms with van der Waals surface area (Å²) in [5.74, 6) is -0.126. The number of hydrogen-bond donors (Lipinski definition) is 2. The molecule has 2 N–H and O–H groups in total. The van der Waals surface area contributed by atoms with Crippen LogP contribution < -0.4 is 10.1 Å². The van der Waals surface area contributed by atoms with Gasteiger partial charge in [0.2, 0.25) is 0 Å². The average molecular weight is 377 g/mol. The van der Waals surface area contributed by atoms with E-state index in [1.54, 1.807) is 12.1 Å². The third kappa shape index (κ3) is 5.16. The van der Waals surface area contributed by atoms with E-state index in [0.717, 1.165) is 29.5 Å². The number of carboxylic acid groups (broad SMARTS) is 1. The molecule has 0 amide bonds. The van der Waals surface area contributed by atoms with Gasteiger partial charge in [-0.05, 0) is 53.4 Å². The lowest BCUT2D eigenvalue weighted by molar-refractivity contribution is -0.143. The van der Waals surface area contributed by atoms with Crippen LogP contribution in [0.1, 0.15) is 25.7 Å². The molecule has 1 aromatic rings. The maximum Gasteiger partial charge on any atom is 0.306 e. The van der Waals surface area contributed by atoms with Gasteiger partial charge in [-0.3, -0.25) is 4.79 Å². The van der Waals surface area contributed by atoms with Crippen LogP contribution in [0.5, 0.6) is 5.75 Å². The summed E-state index contributed by atoms with van der Waals surface area (Å²) in [6.45, 7) is 1.24. The van der Waals surface area contributed by atoms with E-state index < -0.39 is 5.97 Å². The van der Waals surface area contributed by atoms with E-state index in [1.807, 2.05) is 6.07 Å². The minimum absolute atomic E-state index is 0.206. The molecule has 0 radical (unpaired) electrons. The van der Waals surface area contributed by atoms with Crippen LogP contribution in [0.3, 0.4) is 0 Å². The first-order valence-electron chi connectivity index (χ1n) is 7.10. The van der Waals surface area contributed by atoms with E-state index in [9.17, 15) is 4.79 Å². The zero-order valence-corrected chi connectivity index (χ0v) is 14.0. The minimum atomic E-state index is -0.678. The highest BCUT2D eigenvalue weighted by Crippen LogP contribution is 2.28. The molecule has 1 aromatic carbocycles. The van der Waals surface area contributed by atoms with Gasteiger partial charge in [0.25, 0.3) is 0 Å². The summed E-state index contributed by atoms with van der Waals surface area (Å²) in [6.07, 6.45) is 3.51. The molecular formula is C15H19BrClNO3. The number of ether oxygens (including phenoxy) is 1. The van der Waals surface area contributed by atoms with Gasteiger partial charge in [0.1, 0.15) is 12.4 Å². The van der Waals surface area contributed by atoms with Gasteiger partial charge in [0.05, 0.1) is 10.4 Å². The second-order valence-electron chi connectivity index (χ2n) is 5.28. The molecule has 21 heavy (non-hydrogen) atoms. The fourth-order valence-corrected chi connectivity index (χ4v) is 3.41. The van der Waals surface area contributed by atoms with Crippen molar-refractivity contribution in [3.05, 3.63) is 27.7 Å². The van der Waals surface area contributed by atoms with Crippen LogP contribution >= 0.6 is 27.5 Å². The Labute approximate surface area is 138 Å². The molecule has 1 aliphatic carbocycles. The number of nitrogens with one attached hydrogen (secondary N) is 1. The van der Waals surface area contributed by atoms with E-state index in [-0.39, 0.29) is 12.0 Å². The van der Waals surface area contributed by atoms with Gasteiger partial charge in [-0.15, -0.1) is 0 Å². The van der Waals surface area contributed by atoms with E-state index in [2.05, 4.69) is 21.2 Å². The van der Waals surface area contributed by atoms with Crippen molar-refractivity contribution in [3.63, 3.8) is 0 Å². The molecule has 1 fully saturated rings. The van der Waals surface area contributed by atoms with Gasteiger partial charge in [-0.25, -0.2) is 0 Å². The Hall–Kier alpha value is -0.780. The normalized spacial score (nSPS) is 22.0. The smallest absolute Gasteiger partial charge is 0.306 e. The number of aliphatic carboxylic acids is 1. The Kier molecular flexibility index (Phi) is 6.33. The lowest BCUT2D eigenvalue weighted by Gasteiger charge is -2.27. The average Bonchev–Trinajstić information content (AvgIpc) is 2.45. The fourth-order valence-electron chi connectivity index (χ4n) is 2.62.